The Kier molecular flexibility index (Phi) is 5.48. The zero-order valence-corrected chi connectivity index (χ0v) is 12.3. The van der Waals surface area contributed by atoms with Crippen LogP contribution in [0.25, 0.3) is 0 Å². The topological polar surface area (TPSA) is 41.5 Å². The Balaban J connectivity index is 2.04. The molecular weight excluding hydrogens is 285 g/mol. The van der Waals surface area contributed by atoms with Gasteiger partial charge in [-0.2, -0.15) is 0 Å². The van der Waals surface area contributed by atoms with Gasteiger partial charge in [0, 0.05) is 31.9 Å². The molecule has 1 aliphatic heterocycles. The maximum Gasteiger partial charge on any atom is 0.0637 e. The van der Waals surface area contributed by atoms with E-state index in [1.54, 1.807) is 6.07 Å². The summed E-state index contributed by atoms with van der Waals surface area (Å²) in [5, 5.41) is 14.0. The third-order valence-corrected chi connectivity index (χ3v) is 4.58. The van der Waals surface area contributed by atoms with Gasteiger partial charge in [0.1, 0.15) is 0 Å². The Morgan fingerprint density at radius 1 is 1.26 bits per heavy atom. The predicted octanol–water partition coefficient (Wildman–Crippen LogP) is 3.01. The number of rotatable bonds is 5. The number of nitrogens with one attached hydrogen (secondary N) is 1. The van der Waals surface area contributed by atoms with Gasteiger partial charge in [0.25, 0.3) is 0 Å². The van der Waals surface area contributed by atoms with Crippen LogP contribution in [0.1, 0.15) is 24.8 Å². The van der Waals surface area contributed by atoms with Crippen LogP contribution in [0.5, 0.6) is 0 Å². The van der Waals surface area contributed by atoms with E-state index in [-0.39, 0.29) is 12.1 Å². The molecule has 0 spiro atoms. The Morgan fingerprint density at radius 2 is 2.00 bits per heavy atom. The van der Waals surface area contributed by atoms with Gasteiger partial charge in [-0.25, -0.2) is 0 Å². The van der Waals surface area contributed by atoms with Crippen LogP contribution in [0.2, 0.25) is 10.0 Å². The molecule has 2 rings (SSSR count). The molecule has 2 N–H and O–H groups in total. The molecule has 1 aromatic carbocycles. The highest BCUT2D eigenvalue weighted by atomic mass is 35.5. The minimum absolute atomic E-state index is 0.0569. The van der Waals surface area contributed by atoms with E-state index in [2.05, 4.69) is 5.32 Å². The molecule has 1 aromatic rings. The lowest BCUT2D eigenvalue weighted by Crippen LogP contribution is -2.49. The molecule has 0 bridgehead atoms. The van der Waals surface area contributed by atoms with Gasteiger partial charge in [-0.05, 0) is 30.9 Å². The second-order valence-corrected chi connectivity index (χ2v) is 5.72. The van der Waals surface area contributed by atoms with Crippen LogP contribution in [-0.2, 0) is 11.3 Å². The number of benzene rings is 1. The Hall–Kier alpha value is -0.320. The van der Waals surface area contributed by atoms with Crippen molar-refractivity contribution < 1.29 is 9.84 Å². The lowest BCUT2D eigenvalue weighted by atomic mass is 9.86. The van der Waals surface area contributed by atoms with Crippen LogP contribution in [0.3, 0.4) is 0 Å². The molecule has 1 heterocycles. The van der Waals surface area contributed by atoms with Crippen LogP contribution in [0.15, 0.2) is 18.2 Å². The summed E-state index contributed by atoms with van der Waals surface area (Å²) in [6.07, 6.45) is 2.55. The molecule has 0 aromatic heterocycles. The van der Waals surface area contributed by atoms with Crippen LogP contribution in [0.4, 0.5) is 0 Å². The van der Waals surface area contributed by atoms with E-state index in [4.69, 9.17) is 27.9 Å². The van der Waals surface area contributed by atoms with E-state index in [1.807, 2.05) is 12.1 Å². The Bertz CT molecular complexity index is 414. The summed E-state index contributed by atoms with van der Waals surface area (Å²) in [7, 11) is 0. The third kappa shape index (κ3) is 3.83. The normalized spacial score (nSPS) is 18.5. The molecule has 5 heteroatoms. The first-order valence-electron chi connectivity index (χ1n) is 6.53. The van der Waals surface area contributed by atoms with E-state index in [1.165, 1.54) is 0 Å². The summed E-state index contributed by atoms with van der Waals surface area (Å²) < 4.78 is 5.40. The van der Waals surface area contributed by atoms with E-state index in [9.17, 15) is 5.11 Å². The minimum Gasteiger partial charge on any atom is -0.396 e. The molecule has 0 unspecified atom stereocenters. The van der Waals surface area contributed by atoms with Gasteiger partial charge in [-0.1, -0.05) is 35.3 Å². The molecule has 0 saturated carbocycles. The fourth-order valence-corrected chi connectivity index (χ4v) is 2.85. The summed E-state index contributed by atoms with van der Waals surface area (Å²) in [5.41, 5.74) is 0.927. The van der Waals surface area contributed by atoms with E-state index >= 15 is 0 Å². The maximum absolute atomic E-state index is 9.25. The highest BCUT2D eigenvalue weighted by Crippen LogP contribution is 2.28. The number of halogens is 2. The minimum atomic E-state index is -0.0569. The molecule has 1 aliphatic rings. The lowest BCUT2D eigenvalue weighted by Gasteiger charge is -2.38. The largest absolute Gasteiger partial charge is 0.396 e. The zero-order chi connectivity index (χ0) is 13.7. The summed E-state index contributed by atoms with van der Waals surface area (Å²) in [6, 6.07) is 5.65. The van der Waals surface area contributed by atoms with E-state index in [0.29, 0.717) is 16.6 Å². The molecule has 0 radical (unpaired) electrons. The van der Waals surface area contributed by atoms with Crippen LogP contribution < -0.4 is 5.32 Å². The predicted molar refractivity (Wildman–Crippen MR) is 77.8 cm³/mol. The SMILES string of the molecule is OCCC1(NCc2cccc(Cl)c2Cl)CCOCC1. The summed E-state index contributed by atoms with van der Waals surface area (Å²) in [4.78, 5) is 0. The molecule has 3 nitrogen and oxygen atoms in total. The summed E-state index contributed by atoms with van der Waals surface area (Å²) in [6.45, 7) is 2.29. The number of ether oxygens (including phenoxy) is 1. The van der Waals surface area contributed by atoms with Gasteiger partial charge in [-0.15, -0.1) is 0 Å². The first-order valence-corrected chi connectivity index (χ1v) is 7.29. The van der Waals surface area contributed by atoms with Crippen molar-refractivity contribution in [3.05, 3.63) is 33.8 Å². The highest BCUT2D eigenvalue weighted by Gasteiger charge is 2.31. The summed E-state index contributed by atoms with van der Waals surface area (Å²) >= 11 is 12.2. The number of aliphatic hydroxyl groups is 1. The average molecular weight is 304 g/mol. The molecule has 0 atom stereocenters. The van der Waals surface area contributed by atoms with Crippen molar-refractivity contribution in [2.45, 2.75) is 31.3 Å². The maximum atomic E-state index is 9.25. The molecule has 19 heavy (non-hydrogen) atoms. The lowest BCUT2D eigenvalue weighted by molar-refractivity contribution is 0.0267. The number of hydrogen-bond donors (Lipinski definition) is 2. The van der Waals surface area contributed by atoms with Gasteiger partial charge < -0.3 is 15.2 Å². The van der Waals surface area contributed by atoms with Crippen molar-refractivity contribution >= 4 is 23.2 Å². The Labute approximate surface area is 123 Å². The smallest absolute Gasteiger partial charge is 0.0637 e. The van der Waals surface area contributed by atoms with Crippen molar-refractivity contribution in [1.82, 2.24) is 5.32 Å². The quantitative estimate of drug-likeness (QED) is 0.878. The van der Waals surface area contributed by atoms with Crippen LogP contribution >= 0.6 is 23.2 Å². The summed E-state index contributed by atoms with van der Waals surface area (Å²) in [5.74, 6) is 0. The van der Waals surface area contributed by atoms with Gasteiger partial charge in [0.15, 0.2) is 0 Å². The van der Waals surface area contributed by atoms with E-state index < -0.39 is 0 Å². The standard InChI is InChI=1S/C14H19Cl2NO2/c15-12-3-1-2-11(13(12)16)10-17-14(4-7-18)5-8-19-9-6-14/h1-3,17-18H,4-10H2. The molecule has 0 amide bonds. The average Bonchev–Trinajstić information content (AvgIpc) is 2.42. The zero-order valence-electron chi connectivity index (χ0n) is 10.8. The Morgan fingerprint density at radius 3 is 2.68 bits per heavy atom. The monoisotopic (exact) mass is 303 g/mol. The van der Waals surface area contributed by atoms with Crippen LogP contribution in [-0.4, -0.2) is 30.5 Å². The first kappa shape index (κ1) is 15.1. The van der Waals surface area contributed by atoms with Gasteiger partial charge in [-0.3, -0.25) is 0 Å². The van der Waals surface area contributed by atoms with Crippen molar-refractivity contribution in [3.63, 3.8) is 0 Å². The van der Waals surface area contributed by atoms with Crippen LogP contribution in [0, 0.1) is 0 Å². The second-order valence-electron chi connectivity index (χ2n) is 4.93. The third-order valence-electron chi connectivity index (χ3n) is 3.73. The van der Waals surface area contributed by atoms with Gasteiger partial charge >= 0.3 is 0 Å². The molecular formula is C14H19Cl2NO2. The van der Waals surface area contributed by atoms with Gasteiger partial charge in [0.2, 0.25) is 0 Å². The van der Waals surface area contributed by atoms with Crippen molar-refractivity contribution in [3.8, 4) is 0 Å². The molecule has 0 aliphatic carbocycles. The number of hydrogen-bond acceptors (Lipinski definition) is 3. The van der Waals surface area contributed by atoms with Crippen molar-refractivity contribution in [2.75, 3.05) is 19.8 Å². The van der Waals surface area contributed by atoms with Gasteiger partial charge in [0.05, 0.1) is 10.0 Å². The first-order chi connectivity index (χ1) is 9.17. The molecule has 106 valence electrons. The highest BCUT2D eigenvalue weighted by molar-refractivity contribution is 6.42. The van der Waals surface area contributed by atoms with Crippen molar-refractivity contribution in [1.29, 1.82) is 0 Å². The molecule has 1 fully saturated rings. The fraction of sp³-hybridized carbons (Fsp3) is 0.571. The van der Waals surface area contributed by atoms with Crippen molar-refractivity contribution in [2.24, 2.45) is 0 Å². The molecule has 1 saturated heterocycles. The van der Waals surface area contributed by atoms with E-state index in [0.717, 1.165) is 38.0 Å². The number of aliphatic hydroxyl groups excluding tert-OH is 1. The fourth-order valence-electron chi connectivity index (χ4n) is 2.46. The second kappa shape index (κ2) is 6.91.